The molecule has 0 aromatic heterocycles. The third-order valence-corrected chi connectivity index (χ3v) is 5.71. The molecule has 3 rings (SSSR count). The van der Waals surface area contributed by atoms with Gasteiger partial charge in [-0.1, -0.05) is 28.1 Å². The van der Waals surface area contributed by atoms with Gasteiger partial charge in [0, 0.05) is 21.8 Å². The molecular weight excluding hydrogens is 421 g/mol. The molecule has 0 fully saturated rings. The van der Waals surface area contributed by atoms with Gasteiger partial charge in [0.2, 0.25) is 0 Å². The molecule has 2 aromatic carbocycles. The number of nitrogens with zero attached hydrogens (tertiary/aromatic N) is 1. The third-order valence-electron chi connectivity index (χ3n) is 5.22. The van der Waals surface area contributed by atoms with Crippen molar-refractivity contribution < 1.29 is 17.9 Å². The van der Waals surface area contributed by atoms with E-state index in [4.69, 9.17) is 10.5 Å². The molecule has 3 nitrogen and oxygen atoms in total. The third kappa shape index (κ3) is 3.94. The Labute approximate surface area is 165 Å². The second-order valence-corrected chi connectivity index (χ2v) is 7.89. The molecule has 7 heteroatoms. The molecule has 0 bridgehead atoms. The normalized spacial score (nSPS) is 20.4. The highest BCUT2D eigenvalue weighted by atomic mass is 79.9. The zero-order valence-corrected chi connectivity index (χ0v) is 17.0. The lowest BCUT2D eigenvalue weighted by Crippen LogP contribution is -2.47. The minimum absolute atomic E-state index is 0.294. The van der Waals surface area contributed by atoms with E-state index in [1.807, 2.05) is 32.0 Å². The van der Waals surface area contributed by atoms with Crippen molar-refractivity contribution in [1.82, 2.24) is 4.90 Å². The summed E-state index contributed by atoms with van der Waals surface area (Å²) in [6.07, 6.45) is -3.77. The molecule has 0 radical (unpaired) electrons. The molecule has 1 aliphatic heterocycles. The first kappa shape index (κ1) is 20.0. The van der Waals surface area contributed by atoms with Gasteiger partial charge < -0.3 is 10.5 Å². The van der Waals surface area contributed by atoms with Gasteiger partial charge in [0.05, 0.1) is 19.7 Å². The first-order chi connectivity index (χ1) is 12.6. The molecular formula is C20H22BrF3N2O. The van der Waals surface area contributed by atoms with Crippen molar-refractivity contribution in [1.29, 1.82) is 0 Å². The Kier molecular flexibility index (Phi) is 5.45. The Morgan fingerprint density at radius 3 is 2.52 bits per heavy atom. The van der Waals surface area contributed by atoms with Crippen LogP contribution in [0.4, 0.5) is 18.9 Å². The number of nitrogens with two attached hydrogens (primary N) is 1. The van der Waals surface area contributed by atoms with E-state index in [2.05, 4.69) is 15.9 Å². The van der Waals surface area contributed by atoms with Crippen molar-refractivity contribution in [3.8, 4) is 5.75 Å². The van der Waals surface area contributed by atoms with Crippen LogP contribution in [0, 0.1) is 6.92 Å². The Morgan fingerprint density at radius 2 is 1.89 bits per heavy atom. The zero-order chi connectivity index (χ0) is 19.9. The molecule has 146 valence electrons. The number of benzene rings is 2. The van der Waals surface area contributed by atoms with E-state index >= 15 is 0 Å². The number of anilines is 1. The molecule has 0 spiro atoms. The van der Waals surface area contributed by atoms with E-state index in [-0.39, 0.29) is 6.04 Å². The Morgan fingerprint density at radius 1 is 1.22 bits per heavy atom. The number of nitrogen functional groups attached to an aromatic ring is 1. The van der Waals surface area contributed by atoms with Crippen LogP contribution in [0.2, 0.25) is 0 Å². The van der Waals surface area contributed by atoms with Gasteiger partial charge in [0.1, 0.15) is 5.75 Å². The fourth-order valence-electron chi connectivity index (χ4n) is 3.88. The number of ether oxygens (including phenoxy) is 1. The summed E-state index contributed by atoms with van der Waals surface area (Å²) >= 11 is 3.40. The van der Waals surface area contributed by atoms with Crippen LogP contribution in [0.1, 0.15) is 35.2 Å². The van der Waals surface area contributed by atoms with E-state index in [0.717, 1.165) is 21.2 Å². The van der Waals surface area contributed by atoms with E-state index in [0.29, 0.717) is 23.4 Å². The average Bonchev–Trinajstić information content (AvgIpc) is 2.59. The van der Waals surface area contributed by atoms with Crippen LogP contribution < -0.4 is 10.5 Å². The Balaban J connectivity index is 2.23. The largest absolute Gasteiger partial charge is 0.496 e. The molecule has 2 N–H and O–H groups in total. The molecule has 0 saturated heterocycles. The fraction of sp³-hybridized carbons (Fsp3) is 0.400. The minimum atomic E-state index is -4.30. The second kappa shape index (κ2) is 7.36. The standard InChI is InChI=1S/C20H22BrF3N2O/c1-11-8-16-12(2)17(25)7-6-14(16)19(26(11)10-20(22,23)24)15-5-4-13(21)9-18(15)27-3/h4-7,9,11,19H,8,10,25H2,1-3H3/t11-,19+/m1/s1. The van der Waals surface area contributed by atoms with Crippen molar-refractivity contribution in [3.63, 3.8) is 0 Å². The maximum absolute atomic E-state index is 13.4. The van der Waals surface area contributed by atoms with Crippen LogP contribution in [0.3, 0.4) is 0 Å². The predicted octanol–water partition coefficient (Wildman–Crippen LogP) is 5.25. The smallest absolute Gasteiger partial charge is 0.401 e. The quantitative estimate of drug-likeness (QED) is 0.659. The van der Waals surface area contributed by atoms with Crippen molar-refractivity contribution >= 4 is 21.6 Å². The topological polar surface area (TPSA) is 38.5 Å². The van der Waals surface area contributed by atoms with Crippen LogP contribution in [0.5, 0.6) is 5.75 Å². The first-order valence-electron chi connectivity index (χ1n) is 8.66. The van der Waals surface area contributed by atoms with Crippen LogP contribution in [-0.4, -0.2) is 30.8 Å². The zero-order valence-electron chi connectivity index (χ0n) is 15.4. The maximum atomic E-state index is 13.4. The molecule has 0 unspecified atom stereocenters. The second-order valence-electron chi connectivity index (χ2n) is 6.98. The lowest BCUT2D eigenvalue weighted by molar-refractivity contribution is -0.155. The summed E-state index contributed by atoms with van der Waals surface area (Å²) in [7, 11) is 1.53. The highest BCUT2D eigenvalue weighted by molar-refractivity contribution is 9.10. The summed E-state index contributed by atoms with van der Waals surface area (Å²) in [5.41, 5.74) is 10.2. The molecule has 2 atom stereocenters. The van der Waals surface area contributed by atoms with E-state index in [9.17, 15) is 13.2 Å². The monoisotopic (exact) mass is 442 g/mol. The molecule has 1 heterocycles. The van der Waals surface area contributed by atoms with Gasteiger partial charge in [0.25, 0.3) is 0 Å². The first-order valence-corrected chi connectivity index (χ1v) is 9.45. The highest BCUT2D eigenvalue weighted by Gasteiger charge is 2.41. The minimum Gasteiger partial charge on any atom is -0.496 e. The summed E-state index contributed by atoms with van der Waals surface area (Å²) in [6, 6.07) is 8.19. The van der Waals surface area contributed by atoms with Crippen molar-refractivity contribution in [2.24, 2.45) is 0 Å². The van der Waals surface area contributed by atoms with Crippen LogP contribution in [0.25, 0.3) is 0 Å². The summed E-state index contributed by atoms with van der Waals surface area (Å²) in [4.78, 5) is 1.50. The average molecular weight is 443 g/mol. The SMILES string of the molecule is COc1cc(Br)ccc1[C@@H]1c2ccc(N)c(C)c2C[C@@H](C)N1CC(F)(F)F. The van der Waals surface area contributed by atoms with E-state index in [1.54, 1.807) is 12.1 Å². The lowest BCUT2D eigenvalue weighted by atomic mass is 9.82. The van der Waals surface area contributed by atoms with Gasteiger partial charge >= 0.3 is 6.18 Å². The number of rotatable bonds is 3. The Hall–Kier alpha value is -1.73. The van der Waals surface area contributed by atoms with Crippen LogP contribution in [0.15, 0.2) is 34.8 Å². The van der Waals surface area contributed by atoms with Gasteiger partial charge in [0.15, 0.2) is 0 Å². The summed E-state index contributed by atoms with van der Waals surface area (Å²) < 4.78 is 46.4. The molecule has 0 saturated carbocycles. The summed E-state index contributed by atoms with van der Waals surface area (Å²) in [5.74, 6) is 0.552. The van der Waals surface area contributed by atoms with Gasteiger partial charge in [-0.15, -0.1) is 0 Å². The molecule has 1 aliphatic rings. The number of alkyl halides is 3. The number of halogens is 4. The van der Waals surface area contributed by atoms with Crippen molar-refractivity contribution in [2.45, 2.75) is 38.5 Å². The number of fused-ring (bicyclic) bond motifs is 1. The molecule has 0 aliphatic carbocycles. The fourth-order valence-corrected chi connectivity index (χ4v) is 4.22. The number of methoxy groups -OCH3 is 1. The van der Waals surface area contributed by atoms with Crippen LogP contribution in [-0.2, 0) is 6.42 Å². The highest BCUT2D eigenvalue weighted by Crippen LogP contribution is 2.44. The predicted molar refractivity (Wildman–Crippen MR) is 104 cm³/mol. The van der Waals surface area contributed by atoms with Crippen LogP contribution >= 0.6 is 15.9 Å². The van der Waals surface area contributed by atoms with Gasteiger partial charge in [-0.25, -0.2) is 0 Å². The number of hydrogen-bond acceptors (Lipinski definition) is 3. The number of hydrogen-bond donors (Lipinski definition) is 1. The van der Waals surface area contributed by atoms with E-state index < -0.39 is 18.8 Å². The molecule has 27 heavy (non-hydrogen) atoms. The molecule has 0 amide bonds. The van der Waals surface area contributed by atoms with Gasteiger partial charge in [-0.05, 0) is 55.2 Å². The lowest BCUT2D eigenvalue weighted by Gasteiger charge is -2.43. The van der Waals surface area contributed by atoms with Crippen molar-refractivity contribution in [3.05, 3.63) is 57.1 Å². The van der Waals surface area contributed by atoms with E-state index in [1.165, 1.54) is 12.0 Å². The molecule has 2 aromatic rings. The van der Waals surface area contributed by atoms with Gasteiger partial charge in [-0.3, -0.25) is 4.90 Å². The Bertz CT molecular complexity index is 854. The van der Waals surface area contributed by atoms with Crippen molar-refractivity contribution in [2.75, 3.05) is 19.4 Å². The summed E-state index contributed by atoms with van der Waals surface area (Å²) in [5, 5.41) is 0. The maximum Gasteiger partial charge on any atom is 0.401 e. The van der Waals surface area contributed by atoms with Gasteiger partial charge in [-0.2, -0.15) is 13.2 Å². The summed E-state index contributed by atoms with van der Waals surface area (Å²) in [6.45, 7) is 2.77.